The first-order chi connectivity index (χ1) is 16.2. The number of anilines is 2. The Labute approximate surface area is 201 Å². The first-order valence-corrected chi connectivity index (χ1v) is 12.5. The molecule has 1 atom stereocenters. The molecular weight excluding hydrogens is 487 g/mol. The van der Waals surface area contributed by atoms with E-state index in [0.717, 1.165) is 36.3 Å². The fourth-order valence-electron chi connectivity index (χ4n) is 4.00. The summed E-state index contributed by atoms with van der Waals surface area (Å²) >= 11 is 6.30. The highest BCUT2D eigenvalue weighted by molar-refractivity contribution is 7.91. The molecule has 1 unspecified atom stereocenters. The van der Waals surface area contributed by atoms with Crippen LogP contribution in [0, 0.1) is 0 Å². The zero-order chi connectivity index (χ0) is 24.3. The molecule has 0 aromatic heterocycles. The number of nitrogens with zero attached hydrogens (tertiary/aromatic N) is 2. The summed E-state index contributed by atoms with van der Waals surface area (Å²) in [6.07, 6.45) is -3.03. The quantitative estimate of drug-likeness (QED) is 0.434. The maximum absolute atomic E-state index is 13.4. The number of aryl methyl sites for hydroxylation is 2. The maximum atomic E-state index is 13.4. The first-order valence-electron chi connectivity index (χ1n) is 10.6. The minimum atomic E-state index is -4.79. The van der Waals surface area contributed by atoms with Crippen LogP contribution in [0.15, 0.2) is 76.0 Å². The second-order valence-corrected chi connectivity index (χ2v) is 10.3. The molecule has 34 heavy (non-hydrogen) atoms. The van der Waals surface area contributed by atoms with Crippen LogP contribution < -0.4 is 14.4 Å². The maximum Gasteiger partial charge on any atom is 0.573 e. The predicted molar refractivity (Wildman–Crippen MR) is 128 cm³/mol. The molecule has 0 saturated heterocycles. The van der Waals surface area contributed by atoms with Crippen molar-refractivity contribution >= 4 is 32.9 Å². The molecule has 3 aromatic carbocycles. The topological polar surface area (TPSA) is 53.9 Å². The Morgan fingerprint density at radius 2 is 1.71 bits per heavy atom. The molecule has 4 rings (SSSR count). The van der Waals surface area contributed by atoms with Gasteiger partial charge in [-0.05, 0) is 66.4 Å². The van der Waals surface area contributed by atoms with Crippen LogP contribution in [-0.4, -0.2) is 30.7 Å². The number of benzene rings is 3. The highest BCUT2D eigenvalue weighted by Crippen LogP contribution is 2.37. The van der Waals surface area contributed by atoms with Crippen LogP contribution in [0.1, 0.15) is 11.1 Å². The van der Waals surface area contributed by atoms with Crippen molar-refractivity contribution in [2.24, 2.45) is 4.36 Å². The normalized spacial score (nSPS) is 15.0. The number of halogens is 4. The molecule has 10 heteroatoms. The van der Waals surface area contributed by atoms with Gasteiger partial charge in [0.25, 0.3) is 0 Å². The Morgan fingerprint density at radius 3 is 2.38 bits per heavy atom. The van der Waals surface area contributed by atoms with Gasteiger partial charge in [-0.15, -0.1) is 13.2 Å². The highest BCUT2D eigenvalue weighted by atomic mass is 35.5. The zero-order valence-corrected chi connectivity index (χ0v) is 19.9. The summed E-state index contributed by atoms with van der Waals surface area (Å²) in [6, 6.07) is 18.8. The lowest BCUT2D eigenvalue weighted by atomic mass is 10.0. The summed E-state index contributed by atoms with van der Waals surface area (Å²) < 4.78 is 61.6. The molecule has 180 valence electrons. The number of hydrogen-bond donors (Lipinski definition) is 1. The summed E-state index contributed by atoms with van der Waals surface area (Å²) in [5.41, 5.74) is 4.42. The minimum absolute atomic E-state index is 0.268. The van der Waals surface area contributed by atoms with Crippen LogP contribution in [0.4, 0.5) is 24.5 Å². The van der Waals surface area contributed by atoms with Crippen LogP contribution in [-0.2, 0) is 22.8 Å². The Morgan fingerprint density at radius 1 is 1.03 bits per heavy atom. The predicted octanol–water partition coefficient (Wildman–Crippen LogP) is 6.14. The van der Waals surface area contributed by atoms with Crippen molar-refractivity contribution in [3.8, 4) is 5.75 Å². The number of rotatable bonds is 6. The van der Waals surface area contributed by atoms with E-state index in [0.29, 0.717) is 18.1 Å². The van der Waals surface area contributed by atoms with Crippen LogP contribution in [0.3, 0.4) is 0 Å². The molecule has 0 amide bonds. The number of nitrogens with one attached hydrogen (secondary N) is 1. The van der Waals surface area contributed by atoms with E-state index in [-0.39, 0.29) is 10.6 Å². The summed E-state index contributed by atoms with van der Waals surface area (Å²) in [5, 5.41) is 0.629. The molecule has 0 aliphatic carbocycles. The molecular formula is C24H23ClF3N3O2S. The first kappa shape index (κ1) is 24.4. The second-order valence-electron chi connectivity index (χ2n) is 7.68. The summed E-state index contributed by atoms with van der Waals surface area (Å²) in [4.78, 5) is 2.41. The van der Waals surface area contributed by atoms with E-state index in [4.69, 9.17) is 11.6 Å². The van der Waals surface area contributed by atoms with Crippen LogP contribution in [0.2, 0.25) is 5.02 Å². The largest absolute Gasteiger partial charge is 0.573 e. The number of fused-ring (bicyclic) bond motifs is 2. The van der Waals surface area contributed by atoms with Gasteiger partial charge < -0.3 is 9.64 Å². The van der Waals surface area contributed by atoms with Crippen molar-refractivity contribution in [1.82, 2.24) is 4.72 Å². The van der Waals surface area contributed by atoms with Gasteiger partial charge in [0.05, 0.1) is 4.90 Å². The molecule has 0 saturated carbocycles. The van der Waals surface area contributed by atoms with Gasteiger partial charge in [0.1, 0.15) is 15.7 Å². The lowest BCUT2D eigenvalue weighted by Crippen LogP contribution is -2.33. The third kappa shape index (κ3) is 5.48. The van der Waals surface area contributed by atoms with Crippen LogP contribution in [0.25, 0.3) is 0 Å². The molecule has 5 nitrogen and oxygen atoms in total. The molecule has 0 spiro atoms. The lowest BCUT2D eigenvalue weighted by molar-refractivity contribution is -0.274. The average molecular weight is 510 g/mol. The Kier molecular flexibility index (Phi) is 7.06. The average Bonchev–Trinajstić information content (AvgIpc) is 2.95. The number of hydrogen-bond acceptors (Lipinski definition) is 4. The van der Waals surface area contributed by atoms with E-state index in [1.165, 1.54) is 30.3 Å². The molecule has 0 fully saturated rings. The molecule has 0 bridgehead atoms. The van der Waals surface area contributed by atoms with E-state index in [9.17, 15) is 17.4 Å². The second kappa shape index (κ2) is 9.85. The molecule has 3 aromatic rings. The van der Waals surface area contributed by atoms with Gasteiger partial charge in [-0.25, -0.2) is 13.3 Å². The van der Waals surface area contributed by atoms with E-state index in [1.807, 2.05) is 36.4 Å². The summed E-state index contributed by atoms with van der Waals surface area (Å²) in [6.45, 7) is 0.781. The van der Waals surface area contributed by atoms with Crippen molar-refractivity contribution in [2.45, 2.75) is 24.1 Å². The minimum Gasteiger partial charge on any atom is -0.406 e. The van der Waals surface area contributed by atoms with Crippen molar-refractivity contribution < 1.29 is 22.1 Å². The van der Waals surface area contributed by atoms with Gasteiger partial charge in [-0.2, -0.15) is 0 Å². The molecule has 1 N–H and O–H groups in total. The number of para-hydroxylation sites is 1. The fraction of sp³-hybridized carbons (Fsp3) is 0.250. The molecule has 1 aliphatic rings. The number of ether oxygens (including phenoxy) is 1. The summed E-state index contributed by atoms with van der Waals surface area (Å²) in [5.74, 6) is -0.385. The monoisotopic (exact) mass is 509 g/mol. The van der Waals surface area contributed by atoms with Crippen LogP contribution in [0.5, 0.6) is 5.75 Å². The van der Waals surface area contributed by atoms with E-state index in [1.54, 1.807) is 0 Å². The van der Waals surface area contributed by atoms with Gasteiger partial charge in [0.15, 0.2) is 0 Å². The van der Waals surface area contributed by atoms with E-state index in [2.05, 4.69) is 24.8 Å². The Balaban J connectivity index is 1.55. The highest BCUT2D eigenvalue weighted by Gasteiger charge is 2.31. The van der Waals surface area contributed by atoms with Gasteiger partial charge in [0.2, 0.25) is 0 Å². The molecule has 1 heterocycles. The lowest BCUT2D eigenvalue weighted by Gasteiger charge is -2.27. The Hall–Kier alpha value is -2.75. The summed E-state index contributed by atoms with van der Waals surface area (Å²) in [7, 11) is -1.64. The van der Waals surface area contributed by atoms with Crippen LogP contribution >= 0.6 is 11.6 Å². The van der Waals surface area contributed by atoms with Crippen molar-refractivity contribution in [2.75, 3.05) is 25.0 Å². The van der Waals surface area contributed by atoms with Gasteiger partial charge in [-0.1, -0.05) is 35.9 Å². The third-order valence-electron chi connectivity index (χ3n) is 5.55. The third-order valence-corrected chi connectivity index (χ3v) is 7.81. The van der Waals surface area contributed by atoms with Crippen molar-refractivity contribution in [3.05, 3.63) is 82.9 Å². The van der Waals surface area contributed by atoms with Crippen molar-refractivity contribution in [3.63, 3.8) is 0 Å². The van der Waals surface area contributed by atoms with Gasteiger partial charge >= 0.3 is 6.36 Å². The molecule has 0 radical (unpaired) electrons. The standard InChI is InChI=1S/C24H23ClF3N3O2S/c1-29-34(32,21-12-10-20(11-13-21)33-24(26,27)28)30-14-15-31-22-5-3-2-4-17(22)6-7-18-8-9-19(25)16-23(18)31/h2-5,8-13,16H,6-7,14-15H2,1H3,(H,29,30,32). The van der Waals surface area contributed by atoms with Crippen molar-refractivity contribution in [1.29, 1.82) is 0 Å². The molecule has 1 aliphatic heterocycles. The smallest absolute Gasteiger partial charge is 0.406 e. The SMILES string of the molecule is CN=S(=O)(NCCN1c2ccccc2CCc2ccc(Cl)cc21)c1ccc(OC(F)(F)F)cc1. The van der Waals surface area contributed by atoms with E-state index < -0.39 is 16.3 Å². The number of alkyl halides is 3. The Bertz CT molecular complexity index is 1290. The van der Waals surface area contributed by atoms with E-state index >= 15 is 0 Å². The van der Waals surface area contributed by atoms with Gasteiger partial charge in [-0.3, -0.25) is 0 Å². The van der Waals surface area contributed by atoms with Gasteiger partial charge in [0, 0.05) is 36.5 Å². The fourth-order valence-corrected chi connectivity index (χ4v) is 5.55. The zero-order valence-electron chi connectivity index (χ0n) is 18.3.